The van der Waals surface area contributed by atoms with E-state index in [1.165, 1.54) is 6.07 Å². The van der Waals surface area contributed by atoms with E-state index in [1.54, 1.807) is 12.1 Å². The molecular formula is C10H12BrNO2. The van der Waals surface area contributed by atoms with E-state index in [2.05, 4.69) is 15.9 Å². The van der Waals surface area contributed by atoms with Crippen molar-refractivity contribution in [1.82, 2.24) is 0 Å². The van der Waals surface area contributed by atoms with Crippen LogP contribution in [0.1, 0.15) is 26.3 Å². The van der Waals surface area contributed by atoms with Crippen molar-refractivity contribution in [2.24, 2.45) is 0 Å². The van der Waals surface area contributed by atoms with Gasteiger partial charge in [0.05, 0.1) is 4.92 Å². The van der Waals surface area contributed by atoms with Crippen LogP contribution >= 0.6 is 15.9 Å². The minimum atomic E-state index is -0.340. The maximum Gasteiger partial charge on any atom is 0.273 e. The lowest BCUT2D eigenvalue weighted by atomic mass is 9.86. The topological polar surface area (TPSA) is 43.1 Å². The summed E-state index contributed by atoms with van der Waals surface area (Å²) in [6, 6.07) is 5.02. The Morgan fingerprint density at radius 1 is 1.36 bits per heavy atom. The Balaban J connectivity index is 3.38. The Labute approximate surface area is 91.4 Å². The molecule has 0 aromatic heterocycles. The van der Waals surface area contributed by atoms with Gasteiger partial charge in [0.2, 0.25) is 0 Å². The van der Waals surface area contributed by atoms with Crippen LogP contribution < -0.4 is 0 Å². The molecule has 76 valence electrons. The van der Waals surface area contributed by atoms with Gasteiger partial charge >= 0.3 is 0 Å². The molecule has 0 unspecified atom stereocenters. The summed E-state index contributed by atoms with van der Waals surface area (Å²) < 4.78 is 0.869. The Hall–Kier alpha value is -0.900. The van der Waals surface area contributed by atoms with E-state index in [1.807, 2.05) is 20.8 Å². The average Bonchev–Trinajstić information content (AvgIpc) is 2.01. The van der Waals surface area contributed by atoms with E-state index in [-0.39, 0.29) is 16.0 Å². The van der Waals surface area contributed by atoms with E-state index in [0.717, 1.165) is 10.0 Å². The Kier molecular flexibility index (Phi) is 2.95. The van der Waals surface area contributed by atoms with Crippen LogP contribution in [0, 0.1) is 10.1 Å². The molecule has 0 atom stereocenters. The highest BCUT2D eigenvalue weighted by atomic mass is 79.9. The van der Waals surface area contributed by atoms with Crippen LogP contribution in [-0.4, -0.2) is 4.92 Å². The van der Waals surface area contributed by atoms with E-state index in [4.69, 9.17) is 0 Å². The highest BCUT2D eigenvalue weighted by Gasteiger charge is 2.24. The van der Waals surface area contributed by atoms with Crippen molar-refractivity contribution in [3.05, 3.63) is 38.3 Å². The summed E-state index contributed by atoms with van der Waals surface area (Å²) in [7, 11) is 0. The summed E-state index contributed by atoms with van der Waals surface area (Å²) >= 11 is 3.32. The van der Waals surface area contributed by atoms with Crippen molar-refractivity contribution < 1.29 is 4.92 Å². The van der Waals surface area contributed by atoms with Crippen LogP contribution in [0.15, 0.2) is 22.7 Å². The molecule has 0 amide bonds. The maximum absolute atomic E-state index is 10.8. The number of nitro benzene ring substituents is 1. The van der Waals surface area contributed by atoms with E-state index < -0.39 is 0 Å². The molecule has 0 aliphatic carbocycles. The fourth-order valence-corrected chi connectivity index (χ4v) is 1.63. The number of hydrogen-bond donors (Lipinski definition) is 0. The molecule has 0 saturated carbocycles. The molecule has 0 N–H and O–H groups in total. The van der Waals surface area contributed by atoms with Gasteiger partial charge in [-0.2, -0.15) is 0 Å². The van der Waals surface area contributed by atoms with Crippen molar-refractivity contribution in [2.75, 3.05) is 0 Å². The number of nitrogens with zero attached hydrogens (tertiary/aromatic N) is 1. The first-order valence-corrected chi connectivity index (χ1v) is 5.06. The highest BCUT2D eigenvalue weighted by molar-refractivity contribution is 9.10. The largest absolute Gasteiger partial charge is 0.273 e. The van der Waals surface area contributed by atoms with Gasteiger partial charge in [0.1, 0.15) is 0 Å². The number of benzene rings is 1. The highest BCUT2D eigenvalue weighted by Crippen LogP contribution is 2.33. The van der Waals surface area contributed by atoms with Crippen molar-refractivity contribution in [3.8, 4) is 0 Å². The summed E-state index contributed by atoms with van der Waals surface area (Å²) in [4.78, 5) is 10.4. The van der Waals surface area contributed by atoms with Gasteiger partial charge in [0, 0.05) is 16.1 Å². The molecule has 0 radical (unpaired) electrons. The predicted molar refractivity (Wildman–Crippen MR) is 59.5 cm³/mol. The van der Waals surface area contributed by atoms with Crippen molar-refractivity contribution in [2.45, 2.75) is 26.2 Å². The molecule has 1 aromatic carbocycles. The third kappa shape index (κ3) is 2.32. The molecule has 14 heavy (non-hydrogen) atoms. The zero-order valence-corrected chi connectivity index (χ0v) is 9.96. The Bertz CT molecular complexity index is 369. The molecule has 1 rings (SSSR count). The molecule has 0 aliphatic rings. The zero-order valence-electron chi connectivity index (χ0n) is 8.37. The number of rotatable bonds is 1. The maximum atomic E-state index is 10.8. The third-order valence-electron chi connectivity index (χ3n) is 1.96. The molecule has 0 saturated heterocycles. The van der Waals surface area contributed by atoms with Gasteiger partial charge in [0.25, 0.3) is 5.69 Å². The predicted octanol–water partition coefficient (Wildman–Crippen LogP) is 3.65. The molecule has 0 spiro atoms. The second kappa shape index (κ2) is 3.69. The lowest BCUT2D eigenvalue weighted by Gasteiger charge is -2.18. The van der Waals surface area contributed by atoms with Crippen LogP contribution in [0.4, 0.5) is 5.69 Å². The Morgan fingerprint density at radius 3 is 2.36 bits per heavy atom. The van der Waals surface area contributed by atoms with Gasteiger partial charge in [-0.3, -0.25) is 10.1 Å². The van der Waals surface area contributed by atoms with Crippen molar-refractivity contribution >= 4 is 21.6 Å². The molecule has 0 fully saturated rings. The fraction of sp³-hybridized carbons (Fsp3) is 0.400. The van der Waals surface area contributed by atoms with E-state index >= 15 is 0 Å². The average molecular weight is 258 g/mol. The van der Waals surface area contributed by atoms with Gasteiger partial charge in [-0.05, 0) is 17.5 Å². The van der Waals surface area contributed by atoms with Gasteiger partial charge < -0.3 is 0 Å². The molecule has 3 nitrogen and oxygen atoms in total. The molecule has 0 aliphatic heterocycles. The summed E-state index contributed by atoms with van der Waals surface area (Å²) in [6.45, 7) is 5.88. The quantitative estimate of drug-likeness (QED) is 0.570. The monoisotopic (exact) mass is 257 g/mol. The second-order valence-electron chi connectivity index (χ2n) is 4.17. The summed E-state index contributed by atoms with van der Waals surface area (Å²) in [5, 5.41) is 10.8. The van der Waals surface area contributed by atoms with Crippen LogP contribution in [0.2, 0.25) is 0 Å². The first-order valence-electron chi connectivity index (χ1n) is 4.27. The number of hydrogen-bond acceptors (Lipinski definition) is 2. The normalized spacial score (nSPS) is 11.4. The van der Waals surface area contributed by atoms with Gasteiger partial charge in [-0.25, -0.2) is 0 Å². The smallest absolute Gasteiger partial charge is 0.258 e. The lowest BCUT2D eigenvalue weighted by molar-refractivity contribution is -0.386. The van der Waals surface area contributed by atoms with Gasteiger partial charge in [0.15, 0.2) is 0 Å². The van der Waals surface area contributed by atoms with Crippen molar-refractivity contribution in [3.63, 3.8) is 0 Å². The first-order chi connectivity index (χ1) is 6.32. The minimum absolute atomic E-state index is 0.181. The molecule has 4 heteroatoms. The van der Waals surface area contributed by atoms with Crippen LogP contribution in [0.5, 0.6) is 0 Å². The van der Waals surface area contributed by atoms with Crippen LogP contribution in [0.25, 0.3) is 0 Å². The van der Waals surface area contributed by atoms with Crippen LogP contribution in [-0.2, 0) is 5.41 Å². The van der Waals surface area contributed by atoms with Crippen molar-refractivity contribution in [1.29, 1.82) is 0 Å². The lowest BCUT2D eigenvalue weighted by Crippen LogP contribution is -2.13. The van der Waals surface area contributed by atoms with E-state index in [0.29, 0.717) is 0 Å². The minimum Gasteiger partial charge on any atom is -0.258 e. The number of nitro groups is 1. The molecule has 0 bridgehead atoms. The van der Waals surface area contributed by atoms with Gasteiger partial charge in [-0.1, -0.05) is 36.7 Å². The zero-order chi connectivity index (χ0) is 10.9. The number of halogens is 1. The van der Waals surface area contributed by atoms with Crippen LogP contribution in [0.3, 0.4) is 0 Å². The summed E-state index contributed by atoms with van der Waals surface area (Å²) in [6.07, 6.45) is 0. The second-order valence-corrected chi connectivity index (χ2v) is 5.08. The molecule has 1 aromatic rings. The standard InChI is InChI=1S/C10H12BrNO2/c1-10(2,3)8-6-7(11)4-5-9(8)12(13)14/h4-6H,1-3H3. The van der Waals surface area contributed by atoms with E-state index in [9.17, 15) is 10.1 Å². The molecule has 0 heterocycles. The fourth-order valence-electron chi connectivity index (χ4n) is 1.27. The Morgan fingerprint density at radius 2 is 1.93 bits per heavy atom. The van der Waals surface area contributed by atoms with Gasteiger partial charge in [-0.15, -0.1) is 0 Å². The SMILES string of the molecule is CC(C)(C)c1cc(Br)ccc1[N+](=O)[O-]. The summed E-state index contributed by atoms with van der Waals surface area (Å²) in [5.41, 5.74) is 0.712. The summed E-state index contributed by atoms with van der Waals surface area (Å²) in [5.74, 6) is 0. The first kappa shape index (κ1) is 11.2. The molecular weight excluding hydrogens is 246 g/mol. The third-order valence-corrected chi connectivity index (χ3v) is 2.46.